The minimum Gasteiger partial charge on any atom is -0.374 e. The molecule has 1 aromatic rings. The largest absolute Gasteiger partial charge is 0.416 e. The van der Waals surface area contributed by atoms with Crippen LogP contribution < -0.4 is 5.73 Å². The van der Waals surface area contributed by atoms with Crippen LogP contribution in [0.3, 0.4) is 0 Å². The summed E-state index contributed by atoms with van der Waals surface area (Å²) in [7, 11) is 0. The standard InChI is InChI=1S/C15H21F3N2O/c1-10(19)14-9-20(6-7-21-14)11(2)12-4-3-5-13(8-12)15(16,17)18/h3-5,8,10-11,14H,6-7,9,19H2,1-2H3. The quantitative estimate of drug-likeness (QED) is 0.933. The van der Waals surface area contributed by atoms with E-state index in [9.17, 15) is 13.2 Å². The minimum atomic E-state index is -4.31. The van der Waals surface area contributed by atoms with Crippen molar-refractivity contribution in [2.45, 2.75) is 38.2 Å². The maximum Gasteiger partial charge on any atom is 0.416 e. The van der Waals surface area contributed by atoms with Crippen molar-refractivity contribution in [3.8, 4) is 0 Å². The van der Waals surface area contributed by atoms with Gasteiger partial charge in [0, 0.05) is 25.2 Å². The van der Waals surface area contributed by atoms with Gasteiger partial charge in [-0.05, 0) is 31.5 Å². The van der Waals surface area contributed by atoms with Crippen LogP contribution in [0.4, 0.5) is 13.2 Å². The summed E-state index contributed by atoms with van der Waals surface area (Å²) in [5.74, 6) is 0. The Kier molecular flexibility index (Phi) is 4.91. The van der Waals surface area contributed by atoms with Crippen LogP contribution in [0.1, 0.15) is 31.0 Å². The van der Waals surface area contributed by atoms with Gasteiger partial charge in [-0.3, -0.25) is 4.90 Å². The van der Waals surface area contributed by atoms with Crippen LogP contribution in [-0.4, -0.2) is 36.7 Å². The zero-order valence-electron chi connectivity index (χ0n) is 12.2. The van der Waals surface area contributed by atoms with Crippen LogP contribution in [0.5, 0.6) is 0 Å². The van der Waals surface area contributed by atoms with Crippen LogP contribution >= 0.6 is 0 Å². The third-order valence-electron chi connectivity index (χ3n) is 3.96. The SMILES string of the molecule is CC(N)C1CN(C(C)c2cccc(C(F)(F)F)c2)CCO1. The van der Waals surface area contributed by atoms with Crippen molar-refractivity contribution in [1.82, 2.24) is 4.90 Å². The second-order valence-corrected chi connectivity index (χ2v) is 5.56. The lowest BCUT2D eigenvalue weighted by atomic mass is 10.0. The first-order valence-electron chi connectivity index (χ1n) is 7.07. The number of nitrogens with two attached hydrogens (primary N) is 1. The van der Waals surface area contributed by atoms with Crippen LogP contribution in [0, 0.1) is 0 Å². The molecule has 1 aromatic carbocycles. The number of alkyl halides is 3. The topological polar surface area (TPSA) is 38.5 Å². The number of ether oxygens (including phenoxy) is 1. The van der Waals surface area contributed by atoms with Crippen molar-refractivity contribution in [3.05, 3.63) is 35.4 Å². The van der Waals surface area contributed by atoms with Gasteiger partial charge in [-0.1, -0.05) is 12.1 Å². The molecule has 1 aliphatic rings. The van der Waals surface area contributed by atoms with Gasteiger partial charge >= 0.3 is 6.18 Å². The van der Waals surface area contributed by atoms with Gasteiger partial charge in [0.25, 0.3) is 0 Å². The summed E-state index contributed by atoms with van der Waals surface area (Å²) in [4.78, 5) is 2.12. The van der Waals surface area contributed by atoms with Crippen molar-refractivity contribution < 1.29 is 17.9 Å². The van der Waals surface area contributed by atoms with E-state index in [1.165, 1.54) is 12.1 Å². The molecule has 0 saturated carbocycles. The average molecular weight is 302 g/mol. The molecule has 21 heavy (non-hydrogen) atoms. The van der Waals surface area contributed by atoms with Crippen molar-refractivity contribution in [3.63, 3.8) is 0 Å². The Balaban J connectivity index is 2.14. The number of nitrogens with zero attached hydrogens (tertiary/aromatic N) is 1. The Morgan fingerprint density at radius 3 is 2.67 bits per heavy atom. The monoisotopic (exact) mass is 302 g/mol. The second kappa shape index (κ2) is 6.34. The molecule has 118 valence electrons. The summed E-state index contributed by atoms with van der Waals surface area (Å²) in [6, 6.07) is 5.31. The smallest absolute Gasteiger partial charge is 0.374 e. The molecule has 1 aliphatic heterocycles. The molecular weight excluding hydrogens is 281 g/mol. The predicted molar refractivity (Wildman–Crippen MR) is 74.8 cm³/mol. The van der Waals surface area contributed by atoms with E-state index < -0.39 is 11.7 Å². The molecule has 1 heterocycles. The molecular formula is C15H21F3N2O. The number of morpholine rings is 1. The second-order valence-electron chi connectivity index (χ2n) is 5.56. The third kappa shape index (κ3) is 3.96. The highest BCUT2D eigenvalue weighted by Gasteiger charge is 2.32. The van der Waals surface area contributed by atoms with E-state index in [1.54, 1.807) is 6.07 Å². The average Bonchev–Trinajstić information content (AvgIpc) is 2.46. The Labute approximate surface area is 122 Å². The van der Waals surface area contributed by atoms with Crippen molar-refractivity contribution >= 4 is 0 Å². The minimum absolute atomic E-state index is 0.0769. The lowest BCUT2D eigenvalue weighted by Crippen LogP contribution is -2.50. The lowest BCUT2D eigenvalue weighted by molar-refractivity contribution is -0.137. The van der Waals surface area contributed by atoms with Gasteiger partial charge in [-0.25, -0.2) is 0 Å². The van der Waals surface area contributed by atoms with Crippen molar-refractivity contribution in [1.29, 1.82) is 0 Å². The summed E-state index contributed by atoms with van der Waals surface area (Å²) < 4.78 is 44.0. The molecule has 0 amide bonds. The molecule has 0 aliphatic carbocycles. The fourth-order valence-electron chi connectivity index (χ4n) is 2.55. The van der Waals surface area contributed by atoms with Gasteiger partial charge < -0.3 is 10.5 Å². The van der Waals surface area contributed by atoms with E-state index in [0.717, 1.165) is 6.07 Å². The maximum atomic E-state index is 12.8. The Morgan fingerprint density at radius 1 is 1.33 bits per heavy atom. The molecule has 2 rings (SSSR count). The molecule has 3 nitrogen and oxygen atoms in total. The summed E-state index contributed by atoms with van der Waals surface area (Å²) in [6.45, 7) is 5.67. The highest BCUT2D eigenvalue weighted by atomic mass is 19.4. The normalized spacial score (nSPS) is 23.8. The number of halogens is 3. The third-order valence-corrected chi connectivity index (χ3v) is 3.96. The van der Waals surface area contributed by atoms with Gasteiger partial charge in [0.2, 0.25) is 0 Å². The highest BCUT2D eigenvalue weighted by Crippen LogP contribution is 2.32. The molecule has 1 fully saturated rings. The lowest BCUT2D eigenvalue weighted by Gasteiger charge is -2.38. The molecule has 2 N–H and O–H groups in total. The fourth-order valence-corrected chi connectivity index (χ4v) is 2.55. The number of hydrogen-bond acceptors (Lipinski definition) is 3. The maximum absolute atomic E-state index is 12.8. The highest BCUT2D eigenvalue weighted by molar-refractivity contribution is 5.27. The zero-order chi connectivity index (χ0) is 15.6. The van der Waals surface area contributed by atoms with Gasteiger partial charge in [0.1, 0.15) is 0 Å². The Morgan fingerprint density at radius 2 is 2.05 bits per heavy atom. The Hall–Kier alpha value is -1.11. The fraction of sp³-hybridized carbons (Fsp3) is 0.600. The van der Waals surface area contributed by atoms with E-state index in [4.69, 9.17) is 10.5 Å². The first kappa shape index (κ1) is 16.3. The molecule has 3 unspecified atom stereocenters. The molecule has 0 spiro atoms. The van der Waals surface area contributed by atoms with E-state index in [1.807, 2.05) is 13.8 Å². The molecule has 3 atom stereocenters. The van der Waals surface area contributed by atoms with Crippen LogP contribution in [0.2, 0.25) is 0 Å². The van der Waals surface area contributed by atoms with Gasteiger partial charge in [0.05, 0.1) is 18.3 Å². The molecule has 0 aromatic heterocycles. The number of rotatable bonds is 3. The molecule has 1 saturated heterocycles. The first-order valence-corrected chi connectivity index (χ1v) is 7.07. The van der Waals surface area contributed by atoms with Gasteiger partial charge in [-0.15, -0.1) is 0 Å². The molecule has 6 heteroatoms. The van der Waals surface area contributed by atoms with E-state index in [2.05, 4.69) is 4.90 Å². The van der Waals surface area contributed by atoms with Crippen LogP contribution in [0.15, 0.2) is 24.3 Å². The summed E-state index contributed by atoms with van der Waals surface area (Å²) >= 11 is 0. The summed E-state index contributed by atoms with van der Waals surface area (Å²) in [5, 5.41) is 0. The Bertz CT molecular complexity index is 476. The molecule has 0 bridgehead atoms. The van der Waals surface area contributed by atoms with Crippen molar-refractivity contribution in [2.24, 2.45) is 5.73 Å². The van der Waals surface area contributed by atoms with E-state index in [-0.39, 0.29) is 18.2 Å². The summed E-state index contributed by atoms with van der Waals surface area (Å²) in [5.41, 5.74) is 5.90. The van der Waals surface area contributed by atoms with Crippen molar-refractivity contribution in [2.75, 3.05) is 19.7 Å². The number of benzene rings is 1. The van der Waals surface area contributed by atoms with Crippen LogP contribution in [0.25, 0.3) is 0 Å². The van der Waals surface area contributed by atoms with Gasteiger partial charge in [-0.2, -0.15) is 13.2 Å². The predicted octanol–water partition coefficient (Wildman–Crippen LogP) is 2.81. The van der Waals surface area contributed by atoms with E-state index in [0.29, 0.717) is 25.3 Å². The zero-order valence-corrected chi connectivity index (χ0v) is 12.2. The van der Waals surface area contributed by atoms with Gasteiger partial charge in [0.15, 0.2) is 0 Å². The van der Waals surface area contributed by atoms with Crippen LogP contribution in [-0.2, 0) is 10.9 Å². The summed E-state index contributed by atoms with van der Waals surface area (Å²) in [6.07, 6.45) is -4.39. The number of hydrogen-bond donors (Lipinski definition) is 1. The first-order chi connectivity index (χ1) is 9.79. The van der Waals surface area contributed by atoms with E-state index >= 15 is 0 Å². The molecule has 0 radical (unpaired) electrons.